The van der Waals surface area contributed by atoms with Crippen LogP contribution in [-0.2, 0) is 0 Å². The summed E-state index contributed by atoms with van der Waals surface area (Å²) in [4.78, 5) is 15.8. The summed E-state index contributed by atoms with van der Waals surface area (Å²) in [6, 6.07) is 4.86. The summed E-state index contributed by atoms with van der Waals surface area (Å²) in [6.45, 7) is 1.68. The molecule has 1 amide bonds. The monoisotopic (exact) mass is 338 g/mol. The van der Waals surface area contributed by atoms with Gasteiger partial charge in [-0.2, -0.15) is 0 Å². The van der Waals surface area contributed by atoms with Crippen molar-refractivity contribution in [2.75, 3.05) is 5.32 Å². The van der Waals surface area contributed by atoms with Gasteiger partial charge < -0.3 is 20.7 Å². The lowest BCUT2D eigenvalue weighted by molar-refractivity contribution is 0.0996. The Morgan fingerprint density at radius 3 is 2.85 bits per heavy atom. The number of carbonyl (C=O) groups excluding carboxylic acids is 1. The van der Waals surface area contributed by atoms with E-state index in [2.05, 4.69) is 31.4 Å². The summed E-state index contributed by atoms with van der Waals surface area (Å²) in [7, 11) is 0. The lowest BCUT2D eigenvalue weighted by atomic mass is 10.2. The molecule has 4 N–H and O–H groups in total. The van der Waals surface area contributed by atoms with Crippen LogP contribution in [0, 0.1) is 6.92 Å². The Hall–Kier alpha value is -2.35. The molecule has 0 unspecified atom stereocenters. The van der Waals surface area contributed by atoms with Gasteiger partial charge in [0.15, 0.2) is 12.2 Å². The molecule has 0 spiro atoms. The third-order valence-corrected chi connectivity index (χ3v) is 3.23. The number of nitrogens with one attached hydrogen (secondary N) is 1. The van der Waals surface area contributed by atoms with Crippen molar-refractivity contribution in [2.45, 2.75) is 6.92 Å². The number of nitrogens with two attached hydrogens (primary N) is 1. The number of amides is 1. The van der Waals surface area contributed by atoms with E-state index >= 15 is 0 Å². The first-order valence-corrected chi connectivity index (χ1v) is 6.31. The fraction of sp³-hybridized carbons (Fsp3) is 0.0833. The van der Waals surface area contributed by atoms with Gasteiger partial charge >= 0.3 is 0 Å². The molecule has 20 heavy (non-hydrogen) atoms. The minimum absolute atomic E-state index is 0.0188. The van der Waals surface area contributed by atoms with Crippen LogP contribution in [0.4, 0.5) is 5.69 Å². The third kappa shape index (κ3) is 2.80. The highest BCUT2D eigenvalue weighted by molar-refractivity contribution is 9.10. The van der Waals surface area contributed by atoms with Gasteiger partial charge in [-0.15, -0.1) is 0 Å². The number of halogens is 1. The van der Waals surface area contributed by atoms with Crippen LogP contribution in [0.3, 0.4) is 0 Å². The predicted octanol–water partition coefficient (Wildman–Crippen LogP) is 2.09. The first-order chi connectivity index (χ1) is 9.52. The van der Waals surface area contributed by atoms with E-state index in [0.29, 0.717) is 21.4 Å². The lowest BCUT2D eigenvalue weighted by Crippen LogP contribution is -2.15. The number of oxime groups is 1. The molecular formula is C12H11BrN4O3. The van der Waals surface area contributed by atoms with Crippen molar-refractivity contribution >= 4 is 33.4 Å². The molecule has 2 aromatic rings. The Balaban J connectivity index is 2.23. The zero-order valence-electron chi connectivity index (χ0n) is 10.4. The van der Waals surface area contributed by atoms with Crippen LogP contribution < -0.4 is 11.1 Å². The summed E-state index contributed by atoms with van der Waals surface area (Å²) in [6.07, 6.45) is 1.21. The van der Waals surface area contributed by atoms with E-state index in [1.54, 1.807) is 25.1 Å². The number of anilines is 1. The van der Waals surface area contributed by atoms with Gasteiger partial charge in [-0.1, -0.05) is 5.16 Å². The maximum Gasteiger partial charge on any atom is 0.293 e. The van der Waals surface area contributed by atoms with E-state index in [1.165, 1.54) is 6.39 Å². The van der Waals surface area contributed by atoms with Crippen LogP contribution in [0.1, 0.15) is 21.8 Å². The normalized spacial score (nSPS) is 11.4. The fourth-order valence-electron chi connectivity index (χ4n) is 1.53. The zero-order chi connectivity index (χ0) is 14.7. The van der Waals surface area contributed by atoms with Gasteiger partial charge in [-0.05, 0) is 41.1 Å². The van der Waals surface area contributed by atoms with Crippen molar-refractivity contribution < 1.29 is 14.4 Å². The number of hydrogen-bond acceptors (Lipinski definition) is 5. The molecule has 104 valence electrons. The van der Waals surface area contributed by atoms with Gasteiger partial charge in [-0.3, -0.25) is 4.79 Å². The van der Waals surface area contributed by atoms with Gasteiger partial charge in [0.25, 0.3) is 5.91 Å². The van der Waals surface area contributed by atoms with E-state index in [4.69, 9.17) is 15.4 Å². The SMILES string of the molecule is Cc1ncoc1C(=O)Nc1ccc(/C(N)=N/O)cc1Br. The minimum atomic E-state index is -0.405. The van der Waals surface area contributed by atoms with Crippen LogP contribution in [0.25, 0.3) is 0 Å². The maximum atomic E-state index is 12.0. The first kappa shape index (κ1) is 14.1. The Bertz CT molecular complexity index is 681. The number of aryl methyl sites for hydroxylation is 1. The van der Waals surface area contributed by atoms with E-state index in [0.717, 1.165) is 0 Å². The van der Waals surface area contributed by atoms with Crippen LogP contribution in [-0.4, -0.2) is 21.9 Å². The van der Waals surface area contributed by atoms with Gasteiger partial charge in [-0.25, -0.2) is 4.98 Å². The van der Waals surface area contributed by atoms with Crippen molar-refractivity contribution in [1.82, 2.24) is 4.98 Å². The molecule has 0 aliphatic carbocycles. The highest BCUT2D eigenvalue weighted by Gasteiger charge is 2.15. The number of nitrogens with zero attached hydrogens (tertiary/aromatic N) is 2. The maximum absolute atomic E-state index is 12.0. The average molecular weight is 339 g/mol. The minimum Gasteiger partial charge on any atom is -0.438 e. The Morgan fingerprint density at radius 1 is 1.55 bits per heavy atom. The molecule has 0 aliphatic rings. The number of oxazole rings is 1. The molecule has 0 radical (unpaired) electrons. The molecule has 0 saturated heterocycles. The summed E-state index contributed by atoms with van der Waals surface area (Å²) >= 11 is 3.30. The summed E-state index contributed by atoms with van der Waals surface area (Å²) in [5, 5.41) is 14.2. The second-order valence-electron chi connectivity index (χ2n) is 3.90. The van der Waals surface area contributed by atoms with E-state index in [-0.39, 0.29) is 11.6 Å². The Labute approximate surface area is 122 Å². The highest BCUT2D eigenvalue weighted by atomic mass is 79.9. The van der Waals surface area contributed by atoms with Crippen molar-refractivity contribution in [1.29, 1.82) is 0 Å². The summed E-state index contributed by atoms with van der Waals surface area (Å²) in [5.41, 5.74) is 7.04. The fourth-order valence-corrected chi connectivity index (χ4v) is 2.01. The number of rotatable bonds is 3. The highest BCUT2D eigenvalue weighted by Crippen LogP contribution is 2.24. The van der Waals surface area contributed by atoms with Gasteiger partial charge in [0, 0.05) is 10.0 Å². The molecule has 1 aromatic carbocycles. The molecule has 7 nitrogen and oxygen atoms in total. The molecule has 1 heterocycles. The number of hydrogen-bond donors (Lipinski definition) is 3. The molecule has 0 bridgehead atoms. The lowest BCUT2D eigenvalue weighted by Gasteiger charge is -2.08. The molecular weight excluding hydrogens is 328 g/mol. The molecule has 0 saturated carbocycles. The van der Waals surface area contributed by atoms with Crippen molar-refractivity contribution in [2.24, 2.45) is 10.9 Å². The second-order valence-corrected chi connectivity index (χ2v) is 4.76. The van der Waals surface area contributed by atoms with E-state index < -0.39 is 5.91 Å². The molecule has 8 heteroatoms. The predicted molar refractivity (Wildman–Crippen MR) is 75.8 cm³/mol. The van der Waals surface area contributed by atoms with Gasteiger partial charge in [0.1, 0.15) is 0 Å². The summed E-state index contributed by atoms with van der Waals surface area (Å²) in [5.74, 6) is -0.274. The van der Waals surface area contributed by atoms with Crippen LogP contribution >= 0.6 is 15.9 Å². The molecule has 0 atom stereocenters. The van der Waals surface area contributed by atoms with Gasteiger partial charge in [0.2, 0.25) is 5.76 Å². The molecule has 1 aromatic heterocycles. The number of benzene rings is 1. The Kier molecular flexibility index (Phi) is 4.04. The first-order valence-electron chi connectivity index (χ1n) is 5.52. The smallest absolute Gasteiger partial charge is 0.293 e. The van der Waals surface area contributed by atoms with Crippen molar-refractivity contribution in [3.8, 4) is 0 Å². The average Bonchev–Trinajstić information content (AvgIpc) is 2.86. The molecule has 2 rings (SSSR count). The Morgan fingerprint density at radius 2 is 2.30 bits per heavy atom. The van der Waals surface area contributed by atoms with Crippen LogP contribution in [0.2, 0.25) is 0 Å². The zero-order valence-corrected chi connectivity index (χ0v) is 12.0. The molecule has 0 aliphatic heterocycles. The van der Waals surface area contributed by atoms with Crippen LogP contribution in [0.5, 0.6) is 0 Å². The number of amidine groups is 1. The van der Waals surface area contributed by atoms with Gasteiger partial charge in [0.05, 0.1) is 11.4 Å². The summed E-state index contributed by atoms with van der Waals surface area (Å²) < 4.78 is 5.60. The second kappa shape index (κ2) is 5.74. The number of carbonyl (C=O) groups is 1. The standard InChI is InChI=1S/C12H11BrN4O3/c1-6-10(20-5-15-6)12(18)16-9-3-2-7(4-8(9)13)11(14)17-19/h2-5,19H,1H3,(H2,14,17)(H,16,18). The van der Waals surface area contributed by atoms with Crippen LogP contribution in [0.15, 0.2) is 38.6 Å². The van der Waals surface area contributed by atoms with E-state index in [1.807, 2.05) is 0 Å². The van der Waals surface area contributed by atoms with Crippen molar-refractivity contribution in [3.05, 3.63) is 46.1 Å². The molecule has 0 fully saturated rings. The number of aromatic nitrogens is 1. The topological polar surface area (TPSA) is 114 Å². The van der Waals surface area contributed by atoms with E-state index in [9.17, 15) is 4.79 Å². The third-order valence-electron chi connectivity index (χ3n) is 2.57. The quantitative estimate of drug-likeness (QED) is 0.343. The largest absolute Gasteiger partial charge is 0.438 e. The van der Waals surface area contributed by atoms with Crippen molar-refractivity contribution in [3.63, 3.8) is 0 Å².